The molecule has 23 heteroatoms. The van der Waals surface area contributed by atoms with Crippen molar-refractivity contribution in [2.24, 2.45) is 11.8 Å². The first-order valence-electron chi connectivity index (χ1n) is 13.7. The largest absolute Gasteiger partial charge is 0.472 e. The number of aromatic nitrogens is 8. The van der Waals surface area contributed by atoms with E-state index in [1.807, 2.05) is 0 Å². The lowest BCUT2D eigenvalue weighted by Gasteiger charge is -2.28. The summed E-state index contributed by atoms with van der Waals surface area (Å²) in [7, 11) is -9.58. The van der Waals surface area contributed by atoms with E-state index < -0.39 is 82.2 Å². The zero-order chi connectivity index (χ0) is 31.8. The first-order chi connectivity index (χ1) is 21.3. The van der Waals surface area contributed by atoms with E-state index in [4.69, 9.17) is 29.6 Å². The normalized spacial score (nSPS) is 36.0. The highest BCUT2D eigenvalue weighted by molar-refractivity contribution is 7.47. The molecule has 0 bridgehead atoms. The Labute approximate surface area is 250 Å². The number of hydrogen-bond donors (Lipinski definition) is 7. The third-order valence-corrected chi connectivity index (χ3v) is 10.4. The van der Waals surface area contributed by atoms with Gasteiger partial charge in [-0.1, -0.05) is 0 Å². The first-order valence-corrected chi connectivity index (χ1v) is 16.7. The molecule has 2 aliphatic carbocycles. The number of phosphoric ester groups is 2. The molecule has 0 aromatic carbocycles. The number of aromatic amines is 2. The van der Waals surface area contributed by atoms with Gasteiger partial charge in [0.05, 0.1) is 38.0 Å². The maximum atomic E-state index is 13.2. The van der Waals surface area contributed by atoms with Crippen LogP contribution in [0.1, 0.15) is 31.3 Å². The van der Waals surface area contributed by atoms with Crippen molar-refractivity contribution in [2.75, 3.05) is 24.7 Å². The van der Waals surface area contributed by atoms with Crippen LogP contribution in [0, 0.1) is 11.8 Å². The summed E-state index contributed by atoms with van der Waals surface area (Å²) in [4.78, 5) is 67.0. The molecule has 3 aliphatic rings. The maximum absolute atomic E-state index is 13.2. The summed E-state index contributed by atoms with van der Waals surface area (Å²) in [5.41, 5.74) is 10.5. The number of rotatable bonds is 2. The van der Waals surface area contributed by atoms with Crippen molar-refractivity contribution in [2.45, 2.75) is 49.7 Å². The molecule has 2 saturated carbocycles. The molecule has 1 aliphatic heterocycles. The van der Waals surface area contributed by atoms with Crippen LogP contribution in [0.15, 0.2) is 22.2 Å². The number of nitrogens with two attached hydrogens (primary N) is 2. The Balaban J connectivity index is 1.16. The Bertz CT molecular complexity index is 2010. The fraction of sp³-hybridized carbons (Fsp3) is 0.545. The summed E-state index contributed by atoms with van der Waals surface area (Å²) in [6, 6.07) is -1.39. The lowest BCUT2D eigenvalue weighted by atomic mass is 10.1. The monoisotopic (exact) mass is 670 g/mol. The van der Waals surface area contributed by atoms with Crippen LogP contribution in [-0.2, 0) is 27.2 Å². The molecular formula is C22H28N10O11P2. The Kier molecular flexibility index (Phi) is 7.23. The molecule has 4 aromatic heterocycles. The lowest BCUT2D eigenvalue weighted by molar-refractivity contribution is -0.0227. The van der Waals surface area contributed by atoms with Crippen molar-refractivity contribution in [3.8, 4) is 0 Å². The fourth-order valence-corrected chi connectivity index (χ4v) is 8.51. The Morgan fingerprint density at radius 3 is 2.02 bits per heavy atom. The average Bonchev–Trinajstić information content (AvgIpc) is 3.71. The SMILES string of the molecule is Nc1nc2c(ncn2C2CC3COP(=O)(O)O[C@@H]4C[C@H](n5cnc6c(=O)[nH]c(N)nc65)CC4COP(=O)(O)OC3C2O)c(=O)[nH]1. The van der Waals surface area contributed by atoms with Crippen molar-refractivity contribution < 1.29 is 42.1 Å². The number of anilines is 2. The van der Waals surface area contributed by atoms with Crippen LogP contribution in [0.3, 0.4) is 0 Å². The average molecular weight is 670 g/mol. The predicted molar refractivity (Wildman–Crippen MR) is 151 cm³/mol. The number of imidazole rings is 2. The summed E-state index contributed by atoms with van der Waals surface area (Å²) in [6.45, 7) is -0.958. The highest BCUT2D eigenvalue weighted by Crippen LogP contribution is 2.56. The molecule has 9 N–H and O–H groups in total. The van der Waals surface area contributed by atoms with E-state index in [1.165, 1.54) is 17.2 Å². The molecule has 0 amide bonds. The van der Waals surface area contributed by atoms with Gasteiger partial charge in [-0.2, -0.15) is 9.97 Å². The summed E-state index contributed by atoms with van der Waals surface area (Å²) in [6.07, 6.45) is -0.979. The smallest absolute Gasteiger partial charge is 0.388 e. The minimum atomic E-state index is -4.84. The third kappa shape index (κ3) is 5.49. The molecule has 3 fully saturated rings. The molecule has 0 radical (unpaired) electrons. The van der Waals surface area contributed by atoms with Crippen molar-refractivity contribution in [1.82, 2.24) is 39.0 Å². The van der Waals surface area contributed by atoms with Gasteiger partial charge in [-0.25, -0.2) is 19.1 Å². The van der Waals surface area contributed by atoms with Gasteiger partial charge in [0.15, 0.2) is 22.3 Å². The maximum Gasteiger partial charge on any atom is 0.472 e. The highest BCUT2D eigenvalue weighted by Gasteiger charge is 2.50. The van der Waals surface area contributed by atoms with Gasteiger partial charge >= 0.3 is 15.6 Å². The number of aliphatic hydroxyl groups is 1. The summed E-state index contributed by atoms with van der Waals surface area (Å²) < 4.78 is 51.0. The standard InChI is InChI=1S/C22H28N10O11P2/c23-21-27-17-13(19(34)29-21)25-6-31(17)10-1-8-4-40-45(38,39)43-16-9(5-41-44(36,37)42-12(8)3-10)2-11(15(16)33)32-7-26-14-18(32)28-22(24)30-20(14)35/h6-12,15-16,33H,1-5H2,(H,36,37)(H,38,39)(H3,23,27,29,34)(H3,24,28,30,35)/t8?,9?,10-,11?,12-,15?,16?/m1/s1. The summed E-state index contributed by atoms with van der Waals surface area (Å²) >= 11 is 0. The van der Waals surface area contributed by atoms with E-state index in [9.17, 15) is 33.6 Å². The zero-order valence-electron chi connectivity index (χ0n) is 23.1. The van der Waals surface area contributed by atoms with Crippen LogP contribution >= 0.6 is 15.6 Å². The molecule has 7 rings (SSSR count). The second kappa shape index (κ2) is 10.8. The third-order valence-electron chi connectivity index (χ3n) is 8.42. The molecule has 5 heterocycles. The number of hydrogen-bond acceptors (Lipinski definition) is 15. The van der Waals surface area contributed by atoms with E-state index in [0.29, 0.717) is 0 Å². The number of fused-ring (bicyclic) bond motifs is 4. The van der Waals surface area contributed by atoms with Crippen molar-refractivity contribution in [3.05, 3.63) is 33.4 Å². The zero-order valence-corrected chi connectivity index (χ0v) is 24.9. The van der Waals surface area contributed by atoms with Gasteiger partial charge in [-0.05, 0) is 19.3 Å². The fourth-order valence-electron chi connectivity index (χ4n) is 6.42. The van der Waals surface area contributed by atoms with E-state index in [1.54, 1.807) is 4.57 Å². The van der Waals surface area contributed by atoms with E-state index in [0.717, 1.165) is 0 Å². The van der Waals surface area contributed by atoms with Crippen LogP contribution in [0.25, 0.3) is 22.3 Å². The number of aliphatic hydroxyl groups excluding tert-OH is 1. The van der Waals surface area contributed by atoms with Gasteiger partial charge in [-0.3, -0.25) is 37.7 Å². The number of phosphoric acid groups is 2. The van der Waals surface area contributed by atoms with Gasteiger partial charge in [0.1, 0.15) is 12.2 Å². The van der Waals surface area contributed by atoms with Gasteiger partial charge in [-0.15, -0.1) is 0 Å². The van der Waals surface area contributed by atoms with Gasteiger partial charge in [0, 0.05) is 17.9 Å². The van der Waals surface area contributed by atoms with Crippen LogP contribution in [-0.4, -0.2) is 85.5 Å². The topological polar surface area (TPSA) is 311 Å². The lowest BCUT2D eigenvalue weighted by Crippen LogP contribution is -2.34. The van der Waals surface area contributed by atoms with Crippen LogP contribution in [0.2, 0.25) is 0 Å². The minimum Gasteiger partial charge on any atom is -0.388 e. The van der Waals surface area contributed by atoms with E-state index >= 15 is 0 Å². The van der Waals surface area contributed by atoms with E-state index in [-0.39, 0.29) is 53.5 Å². The number of nitrogens with zero attached hydrogens (tertiary/aromatic N) is 6. The van der Waals surface area contributed by atoms with Crippen molar-refractivity contribution in [3.63, 3.8) is 0 Å². The van der Waals surface area contributed by atoms with Crippen LogP contribution < -0.4 is 22.6 Å². The quantitative estimate of drug-likeness (QED) is 0.130. The summed E-state index contributed by atoms with van der Waals surface area (Å²) in [5, 5.41) is 11.3. The molecule has 1 saturated heterocycles. The molecule has 7 unspecified atom stereocenters. The minimum absolute atomic E-state index is 0.0111. The molecule has 45 heavy (non-hydrogen) atoms. The Morgan fingerprint density at radius 1 is 0.822 bits per heavy atom. The van der Waals surface area contributed by atoms with E-state index in [2.05, 4.69) is 29.9 Å². The van der Waals surface area contributed by atoms with Crippen LogP contribution in [0.5, 0.6) is 0 Å². The molecule has 21 nitrogen and oxygen atoms in total. The Hall–Kier alpha value is -3.52. The van der Waals surface area contributed by atoms with Crippen molar-refractivity contribution >= 4 is 49.9 Å². The molecule has 0 spiro atoms. The van der Waals surface area contributed by atoms with Gasteiger partial charge < -0.3 is 35.5 Å². The summed E-state index contributed by atoms with van der Waals surface area (Å²) in [5.74, 6) is -1.96. The van der Waals surface area contributed by atoms with Crippen molar-refractivity contribution in [1.29, 1.82) is 0 Å². The van der Waals surface area contributed by atoms with Gasteiger partial charge in [0.2, 0.25) is 11.9 Å². The second-order valence-electron chi connectivity index (χ2n) is 11.2. The Morgan fingerprint density at radius 2 is 1.38 bits per heavy atom. The second-order valence-corrected chi connectivity index (χ2v) is 14.0. The number of nitrogens with one attached hydrogen (secondary N) is 2. The number of H-pyrrole nitrogens is 2. The molecule has 9 atom stereocenters. The molecular weight excluding hydrogens is 642 g/mol. The van der Waals surface area contributed by atoms with Crippen LogP contribution in [0.4, 0.5) is 11.9 Å². The molecule has 242 valence electrons. The number of nitrogen functional groups attached to an aromatic ring is 2. The first kappa shape index (κ1) is 30.2. The highest BCUT2D eigenvalue weighted by atomic mass is 31.2. The predicted octanol–water partition coefficient (Wildman–Crippen LogP) is -0.692. The van der Waals surface area contributed by atoms with Gasteiger partial charge in [0.25, 0.3) is 11.1 Å². The molecule has 4 aromatic rings.